The van der Waals surface area contributed by atoms with E-state index in [2.05, 4.69) is 24.8 Å². The van der Waals surface area contributed by atoms with E-state index in [0.29, 0.717) is 53.4 Å². The Morgan fingerprint density at radius 1 is 1.26 bits per heavy atom. The first-order chi connectivity index (χ1) is 16.8. The summed E-state index contributed by atoms with van der Waals surface area (Å²) in [4.78, 5) is 31.1. The van der Waals surface area contributed by atoms with Gasteiger partial charge in [-0.3, -0.25) is 19.1 Å². The van der Waals surface area contributed by atoms with Gasteiger partial charge in [-0.1, -0.05) is 44.2 Å². The summed E-state index contributed by atoms with van der Waals surface area (Å²) in [5.74, 6) is 1.21. The summed E-state index contributed by atoms with van der Waals surface area (Å²) in [5, 5.41) is 9.84. The second-order valence-corrected chi connectivity index (χ2v) is 10.9. The molecular formula is C26H36N4O3S2. The van der Waals surface area contributed by atoms with E-state index in [-0.39, 0.29) is 17.0 Å². The number of hydrogen-bond acceptors (Lipinski definition) is 7. The minimum absolute atomic E-state index is 0.126. The van der Waals surface area contributed by atoms with E-state index in [0.717, 1.165) is 50.2 Å². The molecule has 2 aliphatic heterocycles. The Morgan fingerprint density at radius 3 is 2.69 bits per heavy atom. The van der Waals surface area contributed by atoms with Gasteiger partial charge in [-0.15, -0.1) is 0 Å². The van der Waals surface area contributed by atoms with Crippen LogP contribution >= 0.6 is 24.0 Å². The van der Waals surface area contributed by atoms with E-state index >= 15 is 0 Å². The number of piperidine rings is 1. The maximum absolute atomic E-state index is 13.4. The van der Waals surface area contributed by atoms with E-state index in [1.165, 1.54) is 11.8 Å². The molecule has 9 heteroatoms. The number of aromatic nitrogens is 1. The Morgan fingerprint density at radius 2 is 2.03 bits per heavy atom. The Bertz CT molecular complexity index is 1090. The number of nitriles is 1. The third-order valence-electron chi connectivity index (χ3n) is 6.56. The van der Waals surface area contributed by atoms with E-state index in [1.54, 1.807) is 9.47 Å². The highest BCUT2D eigenvalue weighted by Crippen LogP contribution is 2.37. The number of rotatable bonds is 10. The van der Waals surface area contributed by atoms with Crippen molar-refractivity contribution in [2.24, 2.45) is 5.92 Å². The number of thioether (sulfide) groups is 1. The van der Waals surface area contributed by atoms with Gasteiger partial charge in [-0.05, 0) is 57.1 Å². The summed E-state index contributed by atoms with van der Waals surface area (Å²) in [6.07, 6.45) is 6.54. The molecule has 7 nitrogen and oxygen atoms in total. The molecule has 1 atom stereocenters. The van der Waals surface area contributed by atoms with Crippen molar-refractivity contribution < 1.29 is 9.53 Å². The fraction of sp³-hybridized carbons (Fsp3) is 0.615. The molecule has 2 aliphatic rings. The van der Waals surface area contributed by atoms with Gasteiger partial charge in [0.1, 0.15) is 21.8 Å². The second-order valence-electron chi connectivity index (χ2n) is 9.24. The van der Waals surface area contributed by atoms with Crippen LogP contribution in [0.15, 0.2) is 9.70 Å². The molecule has 0 N–H and O–H groups in total. The summed E-state index contributed by atoms with van der Waals surface area (Å²) in [7, 11) is 0. The van der Waals surface area contributed by atoms with E-state index < -0.39 is 0 Å². The lowest BCUT2D eigenvalue weighted by Gasteiger charge is -2.36. The predicted molar refractivity (Wildman–Crippen MR) is 147 cm³/mol. The lowest BCUT2D eigenvalue weighted by molar-refractivity contribution is -0.122. The van der Waals surface area contributed by atoms with Gasteiger partial charge >= 0.3 is 0 Å². The number of anilines is 1. The molecule has 0 bridgehead atoms. The van der Waals surface area contributed by atoms with Crippen LogP contribution in [0.1, 0.15) is 69.6 Å². The molecular weight excluding hydrogens is 480 g/mol. The summed E-state index contributed by atoms with van der Waals surface area (Å²) < 4.78 is 7.70. The Labute approximate surface area is 218 Å². The van der Waals surface area contributed by atoms with Crippen LogP contribution in [0.25, 0.3) is 6.08 Å². The average molecular weight is 517 g/mol. The van der Waals surface area contributed by atoms with Crippen LogP contribution in [-0.2, 0) is 16.1 Å². The monoisotopic (exact) mass is 516 g/mol. The lowest BCUT2D eigenvalue weighted by Crippen LogP contribution is -2.40. The number of carbonyl (C=O) groups is 1. The van der Waals surface area contributed by atoms with Gasteiger partial charge in [-0.25, -0.2) is 0 Å². The highest BCUT2D eigenvalue weighted by molar-refractivity contribution is 8.26. The molecule has 3 rings (SSSR count). The van der Waals surface area contributed by atoms with Gasteiger partial charge in [-0.2, -0.15) is 5.26 Å². The summed E-state index contributed by atoms with van der Waals surface area (Å²) >= 11 is 6.80. The minimum atomic E-state index is -0.243. The molecule has 1 aromatic rings. The molecule has 0 spiro atoms. The first-order valence-electron chi connectivity index (χ1n) is 12.6. The maximum Gasteiger partial charge on any atom is 0.270 e. The smallest absolute Gasteiger partial charge is 0.270 e. The van der Waals surface area contributed by atoms with Crippen molar-refractivity contribution >= 4 is 46.1 Å². The van der Waals surface area contributed by atoms with Crippen LogP contribution in [0, 0.1) is 24.2 Å². The van der Waals surface area contributed by atoms with Crippen molar-refractivity contribution in [3.05, 3.63) is 31.9 Å². The zero-order valence-electron chi connectivity index (χ0n) is 21.3. The SMILES string of the molecule is CCCCn1c(N2CCCC(C)C2)c(/C=C2/SC(=S)N(CCCOCC)C2=O)c(C)c(C#N)c1=O. The van der Waals surface area contributed by atoms with Crippen LogP contribution < -0.4 is 10.5 Å². The molecule has 0 saturated carbocycles. The Hall–Kier alpha value is -2.15. The Kier molecular flexibility index (Phi) is 9.96. The van der Waals surface area contributed by atoms with Crippen LogP contribution in [0.4, 0.5) is 5.82 Å². The van der Waals surface area contributed by atoms with Crippen LogP contribution in [0.2, 0.25) is 0 Å². The van der Waals surface area contributed by atoms with Crippen LogP contribution in [-0.4, -0.2) is 52.5 Å². The molecule has 1 aromatic heterocycles. The van der Waals surface area contributed by atoms with Gasteiger partial charge in [0.15, 0.2) is 0 Å². The highest BCUT2D eigenvalue weighted by atomic mass is 32.2. The quantitative estimate of drug-likeness (QED) is 0.254. The number of pyridine rings is 1. The number of hydrogen-bond donors (Lipinski definition) is 0. The zero-order valence-corrected chi connectivity index (χ0v) is 22.9. The second kappa shape index (κ2) is 12.7. The van der Waals surface area contributed by atoms with Crippen molar-refractivity contribution in [3.8, 4) is 6.07 Å². The number of thiocarbonyl (C=S) groups is 1. The zero-order chi connectivity index (χ0) is 25.5. The van der Waals surface area contributed by atoms with Crippen LogP contribution in [0.3, 0.4) is 0 Å². The van der Waals surface area contributed by atoms with E-state index in [1.807, 2.05) is 19.9 Å². The van der Waals surface area contributed by atoms with Crippen molar-refractivity contribution in [3.63, 3.8) is 0 Å². The van der Waals surface area contributed by atoms with Crippen molar-refractivity contribution in [1.29, 1.82) is 5.26 Å². The molecule has 2 saturated heterocycles. The number of carbonyl (C=O) groups excluding carboxylic acids is 1. The Balaban J connectivity index is 2.10. The third kappa shape index (κ3) is 6.16. The highest BCUT2D eigenvalue weighted by Gasteiger charge is 2.33. The largest absolute Gasteiger partial charge is 0.382 e. The number of unbranched alkanes of at least 4 members (excludes halogenated alkanes) is 1. The van der Waals surface area contributed by atoms with Gasteiger partial charge in [0.05, 0.1) is 4.91 Å². The van der Waals surface area contributed by atoms with Gasteiger partial charge < -0.3 is 9.64 Å². The molecule has 0 aliphatic carbocycles. The number of amides is 1. The average Bonchev–Trinajstić information content (AvgIpc) is 3.10. The summed E-state index contributed by atoms with van der Waals surface area (Å²) in [6.45, 7) is 12.0. The molecule has 0 aromatic carbocycles. The summed E-state index contributed by atoms with van der Waals surface area (Å²) in [6, 6.07) is 2.13. The molecule has 0 radical (unpaired) electrons. The lowest BCUT2D eigenvalue weighted by atomic mass is 9.98. The summed E-state index contributed by atoms with van der Waals surface area (Å²) in [5.41, 5.74) is 1.31. The first kappa shape index (κ1) is 27.4. The predicted octanol–water partition coefficient (Wildman–Crippen LogP) is 4.69. The van der Waals surface area contributed by atoms with Crippen molar-refractivity contribution in [1.82, 2.24) is 9.47 Å². The molecule has 2 fully saturated rings. The topological polar surface area (TPSA) is 78.6 Å². The molecule has 190 valence electrons. The standard InChI is InChI=1S/C26H36N4O3S2/c1-5-7-12-29-23(28-11-8-10-18(3)17-28)20(19(4)21(16-27)24(29)31)15-22-25(32)30(26(34)35-22)13-9-14-33-6-2/h15,18H,5-14,17H2,1-4H3/b22-15+. The van der Waals surface area contributed by atoms with Gasteiger partial charge in [0, 0.05) is 45.0 Å². The first-order valence-corrected chi connectivity index (χ1v) is 13.8. The minimum Gasteiger partial charge on any atom is -0.382 e. The fourth-order valence-corrected chi connectivity index (χ4v) is 5.97. The third-order valence-corrected chi connectivity index (χ3v) is 7.94. The van der Waals surface area contributed by atoms with Crippen LogP contribution in [0.5, 0.6) is 0 Å². The van der Waals surface area contributed by atoms with Crippen molar-refractivity contribution in [2.75, 3.05) is 37.7 Å². The van der Waals surface area contributed by atoms with E-state index in [4.69, 9.17) is 17.0 Å². The number of nitrogens with zero attached hydrogens (tertiary/aromatic N) is 4. The molecule has 1 unspecified atom stereocenters. The maximum atomic E-state index is 13.4. The van der Waals surface area contributed by atoms with E-state index in [9.17, 15) is 14.9 Å². The molecule has 3 heterocycles. The van der Waals surface area contributed by atoms with Gasteiger partial charge in [0.25, 0.3) is 11.5 Å². The molecule has 1 amide bonds. The normalized spacial score (nSPS) is 19.6. The van der Waals surface area contributed by atoms with Crippen molar-refractivity contribution in [2.45, 2.75) is 66.3 Å². The van der Waals surface area contributed by atoms with Gasteiger partial charge in [0.2, 0.25) is 0 Å². The fourth-order valence-electron chi connectivity index (χ4n) is 4.68. The number of ether oxygens (including phenoxy) is 1. The molecule has 35 heavy (non-hydrogen) atoms.